The molecule has 0 unspecified atom stereocenters. The first-order chi connectivity index (χ1) is 9.65. The number of aromatic nitrogens is 1. The lowest BCUT2D eigenvalue weighted by Gasteiger charge is -2.24. The van der Waals surface area contributed by atoms with Crippen LogP contribution in [0, 0.1) is 0 Å². The number of aliphatic imine (C=N–C) groups is 1. The summed E-state index contributed by atoms with van der Waals surface area (Å²) in [6.07, 6.45) is 2.33. The van der Waals surface area contributed by atoms with Crippen molar-refractivity contribution in [3.8, 4) is 0 Å². The fourth-order valence-electron chi connectivity index (χ4n) is 2.16. The van der Waals surface area contributed by atoms with Crippen LogP contribution in [0.25, 0.3) is 5.57 Å². The van der Waals surface area contributed by atoms with Gasteiger partial charge in [-0.25, -0.2) is 4.98 Å². The first kappa shape index (κ1) is 12.9. The molecule has 0 bridgehead atoms. The molecule has 9 heteroatoms. The molecule has 1 aliphatic carbocycles. The van der Waals surface area contributed by atoms with Gasteiger partial charge in [-0.2, -0.15) is 4.99 Å². The van der Waals surface area contributed by atoms with E-state index >= 15 is 0 Å². The van der Waals surface area contributed by atoms with E-state index in [9.17, 15) is 0 Å². The van der Waals surface area contributed by atoms with Crippen LogP contribution < -0.4 is 0 Å². The summed E-state index contributed by atoms with van der Waals surface area (Å²) in [6, 6.07) is 0.502. The Labute approximate surface area is 134 Å². The second kappa shape index (κ2) is 4.59. The van der Waals surface area contributed by atoms with Gasteiger partial charge in [-0.1, -0.05) is 34.8 Å². The van der Waals surface area contributed by atoms with E-state index < -0.39 is 0 Å². The van der Waals surface area contributed by atoms with Crippen LogP contribution in [0.1, 0.15) is 17.7 Å². The quantitative estimate of drug-likeness (QED) is 0.770. The lowest BCUT2D eigenvalue weighted by molar-refractivity contribution is 0.250. The molecular weight excluding hydrogens is 341 g/mol. The summed E-state index contributed by atoms with van der Waals surface area (Å²) in [5, 5.41) is 7.64. The maximum atomic E-state index is 6.49. The van der Waals surface area contributed by atoms with Crippen LogP contribution in [0.5, 0.6) is 0 Å². The topological polar surface area (TPSA) is 44.1 Å². The Morgan fingerprint density at radius 3 is 2.70 bits per heavy atom. The van der Waals surface area contributed by atoms with Crippen molar-refractivity contribution >= 4 is 62.8 Å². The van der Waals surface area contributed by atoms with Crippen molar-refractivity contribution in [2.75, 3.05) is 6.67 Å². The van der Waals surface area contributed by atoms with Crippen LogP contribution in [-0.4, -0.2) is 38.7 Å². The van der Waals surface area contributed by atoms with E-state index in [1.54, 1.807) is 5.51 Å². The zero-order chi connectivity index (χ0) is 13.9. The van der Waals surface area contributed by atoms with Crippen LogP contribution in [0.3, 0.4) is 0 Å². The molecule has 104 valence electrons. The van der Waals surface area contributed by atoms with Crippen molar-refractivity contribution in [2.45, 2.75) is 18.9 Å². The standard InChI is InChI=1S/C11H8Cl3N5S/c12-8-6(7-9(13)15-3-20-7)10(14)18-4-19(5-1-2-5)17-11(18)16-8/h3,5H,1-2,4H2. The fraction of sp³-hybridized carbons (Fsp3) is 0.364. The summed E-state index contributed by atoms with van der Waals surface area (Å²) in [5.74, 6) is 0.538. The van der Waals surface area contributed by atoms with Gasteiger partial charge < -0.3 is 0 Å². The van der Waals surface area contributed by atoms with E-state index in [0.717, 1.165) is 17.7 Å². The van der Waals surface area contributed by atoms with Gasteiger partial charge in [-0.3, -0.25) is 9.91 Å². The third-order valence-electron chi connectivity index (χ3n) is 3.31. The number of hydrogen-bond donors (Lipinski definition) is 0. The SMILES string of the molecule is ClC1=NC2=NN(C3CC3)CN2C(Cl)=C1c1scnc1Cl. The number of hydrogen-bond acceptors (Lipinski definition) is 6. The average Bonchev–Trinajstić information content (AvgIpc) is 3.05. The molecule has 0 N–H and O–H groups in total. The Balaban J connectivity index is 1.76. The molecule has 0 saturated heterocycles. The van der Waals surface area contributed by atoms with Gasteiger partial charge in [0, 0.05) is 6.04 Å². The molecule has 1 aromatic heterocycles. The zero-order valence-electron chi connectivity index (χ0n) is 10.1. The minimum Gasteiger partial charge on any atom is -0.279 e. The number of guanidine groups is 1. The number of nitrogens with zero attached hydrogens (tertiary/aromatic N) is 5. The second-order valence-corrected chi connectivity index (χ2v) is 6.61. The maximum absolute atomic E-state index is 6.49. The number of hydrazone groups is 1. The molecule has 3 heterocycles. The van der Waals surface area contributed by atoms with E-state index in [2.05, 4.69) is 15.1 Å². The van der Waals surface area contributed by atoms with Gasteiger partial charge in [0.1, 0.15) is 22.1 Å². The number of rotatable bonds is 2. The monoisotopic (exact) mass is 347 g/mol. The predicted molar refractivity (Wildman–Crippen MR) is 82.2 cm³/mol. The molecule has 0 atom stereocenters. The fourth-order valence-corrected chi connectivity index (χ4v) is 3.95. The molecular formula is C11H8Cl3N5S. The van der Waals surface area contributed by atoms with Crippen LogP contribution in [-0.2, 0) is 0 Å². The van der Waals surface area contributed by atoms with Gasteiger partial charge in [-0.05, 0) is 12.8 Å². The minimum absolute atomic E-state index is 0.300. The Hall–Kier alpha value is -0.820. The summed E-state index contributed by atoms with van der Waals surface area (Å²) >= 11 is 20.2. The third kappa shape index (κ3) is 1.94. The Morgan fingerprint density at radius 1 is 1.25 bits per heavy atom. The average molecular weight is 349 g/mol. The summed E-state index contributed by atoms with van der Waals surface area (Å²) in [5.41, 5.74) is 2.28. The van der Waals surface area contributed by atoms with Crippen molar-refractivity contribution in [1.29, 1.82) is 0 Å². The van der Waals surface area contributed by atoms with Gasteiger partial charge in [0.15, 0.2) is 0 Å². The first-order valence-corrected chi connectivity index (χ1v) is 8.03. The summed E-state index contributed by atoms with van der Waals surface area (Å²) in [6.45, 7) is 0.604. The van der Waals surface area contributed by atoms with Crippen molar-refractivity contribution in [3.63, 3.8) is 0 Å². The van der Waals surface area contributed by atoms with Crippen LogP contribution in [0.15, 0.2) is 20.8 Å². The van der Waals surface area contributed by atoms with Crippen LogP contribution in [0.4, 0.5) is 0 Å². The largest absolute Gasteiger partial charge is 0.279 e. The molecule has 3 aliphatic rings. The van der Waals surface area contributed by atoms with Crippen LogP contribution >= 0.6 is 46.1 Å². The number of halogens is 3. The van der Waals surface area contributed by atoms with Gasteiger partial charge in [-0.15, -0.1) is 16.4 Å². The predicted octanol–water partition coefficient (Wildman–Crippen LogP) is 3.36. The lowest BCUT2D eigenvalue weighted by Crippen LogP contribution is -2.32. The van der Waals surface area contributed by atoms with Gasteiger partial charge in [0.05, 0.1) is 16.0 Å². The molecule has 0 spiro atoms. The summed E-state index contributed by atoms with van der Waals surface area (Å²) in [4.78, 5) is 10.9. The second-order valence-electron chi connectivity index (χ2n) is 4.68. The van der Waals surface area contributed by atoms with Crippen LogP contribution in [0.2, 0.25) is 5.15 Å². The Kier molecular flexibility index (Phi) is 2.96. The Bertz CT molecular complexity index is 675. The van der Waals surface area contributed by atoms with Gasteiger partial charge in [0.2, 0.25) is 0 Å². The van der Waals surface area contributed by atoms with E-state index in [4.69, 9.17) is 34.8 Å². The molecule has 1 fully saturated rings. The van der Waals surface area contributed by atoms with Crippen molar-refractivity contribution in [3.05, 3.63) is 20.7 Å². The molecule has 0 aromatic carbocycles. The highest BCUT2D eigenvalue weighted by Crippen LogP contribution is 2.39. The normalized spacial score (nSPS) is 22.1. The lowest BCUT2D eigenvalue weighted by atomic mass is 10.2. The molecule has 5 nitrogen and oxygen atoms in total. The highest BCUT2D eigenvalue weighted by molar-refractivity contribution is 7.12. The molecule has 20 heavy (non-hydrogen) atoms. The molecule has 0 amide bonds. The maximum Gasteiger partial charge on any atom is 0.251 e. The highest BCUT2D eigenvalue weighted by atomic mass is 35.5. The summed E-state index contributed by atoms with van der Waals surface area (Å²) < 4.78 is 0. The number of thiazole rings is 1. The number of fused-ring (bicyclic) bond motifs is 1. The van der Waals surface area contributed by atoms with E-state index in [-0.39, 0.29) is 0 Å². The van der Waals surface area contributed by atoms with Crippen molar-refractivity contribution in [2.24, 2.45) is 10.1 Å². The molecule has 4 rings (SSSR count). The number of allylic oxidation sites excluding steroid dienone is 1. The molecule has 2 aliphatic heterocycles. The van der Waals surface area contributed by atoms with E-state index in [0.29, 0.717) is 39.7 Å². The minimum atomic E-state index is 0.300. The Morgan fingerprint density at radius 2 is 2.05 bits per heavy atom. The van der Waals surface area contributed by atoms with E-state index in [1.807, 2.05) is 9.91 Å². The van der Waals surface area contributed by atoms with E-state index in [1.165, 1.54) is 11.3 Å². The van der Waals surface area contributed by atoms with Gasteiger partial charge in [0.25, 0.3) is 5.96 Å². The van der Waals surface area contributed by atoms with Crippen molar-refractivity contribution < 1.29 is 0 Å². The highest BCUT2D eigenvalue weighted by Gasteiger charge is 2.39. The zero-order valence-corrected chi connectivity index (χ0v) is 13.1. The van der Waals surface area contributed by atoms with Crippen molar-refractivity contribution in [1.82, 2.24) is 14.9 Å². The van der Waals surface area contributed by atoms with Gasteiger partial charge >= 0.3 is 0 Å². The molecule has 1 saturated carbocycles. The smallest absolute Gasteiger partial charge is 0.251 e. The third-order valence-corrected chi connectivity index (χ3v) is 5.22. The first-order valence-electron chi connectivity index (χ1n) is 6.01. The summed E-state index contributed by atoms with van der Waals surface area (Å²) in [7, 11) is 0. The molecule has 1 aromatic rings. The molecule has 0 radical (unpaired) electrons.